The van der Waals surface area contributed by atoms with Gasteiger partial charge in [0.25, 0.3) is 0 Å². The zero-order valence-corrected chi connectivity index (χ0v) is 20.3. The molecule has 0 radical (unpaired) electrons. The summed E-state index contributed by atoms with van der Waals surface area (Å²) in [5.41, 5.74) is 4.26. The molecule has 2 aromatic heterocycles. The normalized spacial score (nSPS) is 17.5. The fraction of sp³-hybridized carbons (Fsp3) is 0.296. The Hall–Kier alpha value is -4.27. The van der Waals surface area contributed by atoms with Crippen molar-refractivity contribution in [2.45, 2.75) is 31.7 Å². The van der Waals surface area contributed by atoms with E-state index >= 15 is 0 Å². The van der Waals surface area contributed by atoms with E-state index in [1.807, 2.05) is 53.2 Å². The first kappa shape index (κ1) is 23.5. The van der Waals surface area contributed by atoms with Crippen molar-refractivity contribution in [1.29, 1.82) is 0 Å². The van der Waals surface area contributed by atoms with Gasteiger partial charge in [-0.05, 0) is 49.9 Å². The van der Waals surface area contributed by atoms with Crippen LogP contribution >= 0.6 is 0 Å². The number of imidazole rings is 1. The molecule has 5 rings (SSSR count). The number of benzene rings is 2. The third kappa shape index (κ3) is 4.91. The number of anilines is 3. The van der Waals surface area contributed by atoms with E-state index < -0.39 is 5.97 Å². The van der Waals surface area contributed by atoms with Crippen molar-refractivity contribution in [2.75, 3.05) is 24.9 Å². The number of rotatable bonds is 8. The van der Waals surface area contributed by atoms with E-state index in [1.165, 1.54) is 0 Å². The maximum Gasteiger partial charge on any atom is 0.306 e. The molecule has 2 aromatic carbocycles. The lowest BCUT2D eigenvalue weighted by Gasteiger charge is -2.27. The Morgan fingerprint density at radius 2 is 1.83 bits per heavy atom. The van der Waals surface area contributed by atoms with Crippen LogP contribution in [0.15, 0.2) is 61.1 Å². The van der Waals surface area contributed by atoms with Crippen LogP contribution in [0, 0.1) is 5.92 Å². The van der Waals surface area contributed by atoms with Gasteiger partial charge in [-0.15, -0.1) is 0 Å². The van der Waals surface area contributed by atoms with Crippen molar-refractivity contribution in [3.8, 4) is 22.8 Å². The number of nitrogens with zero attached hydrogens (tertiary/aromatic N) is 3. The highest BCUT2D eigenvalue weighted by molar-refractivity contribution is 5.75. The summed E-state index contributed by atoms with van der Waals surface area (Å²) < 4.78 is 12.7. The van der Waals surface area contributed by atoms with Crippen LogP contribution in [0.1, 0.15) is 25.7 Å². The molecule has 0 spiro atoms. The zero-order valence-electron chi connectivity index (χ0n) is 20.3. The molecule has 0 saturated heterocycles. The number of hydrogen-bond acceptors (Lipinski definition) is 7. The smallest absolute Gasteiger partial charge is 0.306 e. The second-order valence-electron chi connectivity index (χ2n) is 8.94. The highest BCUT2D eigenvalue weighted by Crippen LogP contribution is 2.33. The van der Waals surface area contributed by atoms with E-state index in [0.29, 0.717) is 35.8 Å². The molecule has 9 heteroatoms. The minimum atomic E-state index is -0.686. The SMILES string of the molecule is COc1ccc(Nc2nc(-c3cccc(NC4CCC(C(=O)O)CC4)c3)cn3ccnc23)cc1OC. The molecule has 3 N–H and O–H groups in total. The van der Waals surface area contributed by atoms with Gasteiger partial charge in [-0.1, -0.05) is 12.1 Å². The Balaban J connectivity index is 1.40. The van der Waals surface area contributed by atoms with Gasteiger partial charge >= 0.3 is 5.97 Å². The second-order valence-corrected chi connectivity index (χ2v) is 8.94. The lowest BCUT2D eigenvalue weighted by molar-refractivity contribution is -0.142. The van der Waals surface area contributed by atoms with Crippen LogP contribution in [0.5, 0.6) is 11.5 Å². The summed E-state index contributed by atoms with van der Waals surface area (Å²) in [6.45, 7) is 0. The number of carbonyl (C=O) groups is 1. The number of aliphatic carboxylic acids is 1. The minimum Gasteiger partial charge on any atom is -0.493 e. The van der Waals surface area contributed by atoms with Crippen LogP contribution in [-0.4, -0.2) is 45.7 Å². The molecule has 1 saturated carbocycles. The van der Waals surface area contributed by atoms with E-state index in [0.717, 1.165) is 35.5 Å². The fourth-order valence-electron chi connectivity index (χ4n) is 4.69. The fourth-order valence-corrected chi connectivity index (χ4v) is 4.69. The standard InChI is InChI=1S/C27H29N5O4/c1-35-23-11-10-21(15-24(23)36-2)30-25-26-28-12-13-32(26)16-22(31-25)18-4-3-5-20(14-18)29-19-8-6-17(7-9-19)27(33)34/h3-5,10-17,19,29H,6-9H2,1-2H3,(H,30,31)(H,33,34). The maximum atomic E-state index is 11.2. The third-order valence-corrected chi connectivity index (χ3v) is 6.63. The monoisotopic (exact) mass is 487 g/mol. The van der Waals surface area contributed by atoms with Gasteiger partial charge in [0, 0.05) is 47.6 Å². The van der Waals surface area contributed by atoms with Crippen LogP contribution in [0.3, 0.4) is 0 Å². The predicted molar refractivity (Wildman–Crippen MR) is 138 cm³/mol. The first-order chi connectivity index (χ1) is 17.5. The van der Waals surface area contributed by atoms with Crippen LogP contribution < -0.4 is 20.1 Å². The first-order valence-corrected chi connectivity index (χ1v) is 12.0. The lowest BCUT2D eigenvalue weighted by Crippen LogP contribution is -2.29. The molecule has 0 unspecified atom stereocenters. The van der Waals surface area contributed by atoms with E-state index in [-0.39, 0.29) is 12.0 Å². The average Bonchev–Trinajstić information content (AvgIpc) is 3.38. The summed E-state index contributed by atoms with van der Waals surface area (Å²) in [6.07, 6.45) is 8.70. The average molecular weight is 488 g/mol. The Kier molecular flexibility index (Phi) is 6.62. The molecule has 186 valence electrons. The third-order valence-electron chi connectivity index (χ3n) is 6.63. The van der Waals surface area contributed by atoms with E-state index in [2.05, 4.69) is 21.7 Å². The quantitative estimate of drug-likeness (QED) is 0.311. The van der Waals surface area contributed by atoms with Crippen LogP contribution in [-0.2, 0) is 4.79 Å². The Morgan fingerprint density at radius 3 is 2.58 bits per heavy atom. The van der Waals surface area contributed by atoms with Gasteiger partial charge in [-0.2, -0.15) is 0 Å². The first-order valence-electron chi connectivity index (χ1n) is 12.0. The summed E-state index contributed by atoms with van der Waals surface area (Å²) >= 11 is 0. The van der Waals surface area contributed by atoms with Crippen molar-refractivity contribution in [3.63, 3.8) is 0 Å². The van der Waals surface area contributed by atoms with Gasteiger partial charge in [0.05, 0.1) is 25.8 Å². The zero-order chi connectivity index (χ0) is 25.1. The highest BCUT2D eigenvalue weighted by Gasteiger charge is 2.25. The topological polar surface area (TPSA) is 110 Å². The van der Waals surface area contributed by atoms with Crippen molar-refractivity contribution in [2.24, 2.45) is 5.92 Å². The molecular formula is C27H29N5O4. The predicted octanol–water partition coefficient (Wildman–Crippen LogP) is 5.21. The molecule has 36 heavy (non-hydrogen) atoms. The molecule has 1 fully saturated rings. The molecule has 9 nitrogen and oxygen atoms in total. The summed E-state index contributed by atoms with van der Waals surface area (Å²) in [4.78, 5) is 20.6. The van der Waals surface area contributed by atoms with Gasteiger partial charge < -0.3 is 29.6 Å². The molecule has 0 aliphatic heterocycles. The molecular weight excluding hydrogens is 458 g/mol. The van der Waals surface area contributed by atoms with Gasteiger partial charge in [0.15, 0.2) is 23.0 Å². The summed E-state index contributed by atoms with van der Waals surface area (Å²) in [5.74, 6) is 0.978. The van der Waals surface area contributed by atoms with Crippen molar-refractivity contribution in [3.05, 3.63) is 61.1 Å². The number of carboxylic acids is 1. The maximum absolute atomic E-state index is 11.2. The van der Waals surface area contributed by atoms with E-state index in [9.17, 15) is 9.90 Å². The number of aromatic nitrogens is 3. The second kappa shape index (κ2) is 10.2. The number of methoxy groups -OCH3 is 2. The Morgan fingerprint density at radius 1 is 1.03 bits per heavy atom. The molecule has 4 aromatic rings. The Labute approximate surface area is 209 Å². The summed E-state index contributed by atoms with van der Waals surface area (Å²) in [7, 11) is 3.21. The van der Waals surface area contributed by atoms with Crippen LogP contribution in [0.2, 0.25) is 0 Å². The molecule has 1 aliphatic rings. The summed E-state index contributed by atoms with van der Waals surface area (Å²) in [5, 5.41) is 16.2. The van der Waals surface area contributed by atoms with Crippen LogP contribution in [0.25, 0.3) is 16.9 Å². The number of hydrogen-bond donors (Lipinski definition) is 3. The molecule has 0 bridgehead atoms. The minimum absolute atomic E-state index is 0.225. The van der Waals surface area contributed by atoms with Crippen molar-refractivity contribution >= 4 is 28.8 Å². The molecule has 0 amide bonds. The lowest BCUT2D eigenvalue weighted by atomic mass is 9.86. The summed E-state index contributed by atoms with van der Waals surface area (Å²) in [6, 6.07) is 14.0. The van der Waals surface area contributed by atoms with Crippen molar-refractivity contribution < 1.29 is 19.4 Å². The molecule has 2 heterocycles. The number of nitrogens with one attached hydrogen (secondary N) is 2. The van der Waals surface area contributed by atoms with Gasteiger partial charge in [0.2, 0.25) is 0 Å². The number of ether oxygens (including phenoxy) is 2. The van der Waals surface area contributed by atoms with Gasteiger partial charge in [-0.3, -0.25) is 4.79 Å². The number of carboxylic acid groups (broad SMARTS) is 1. The van der Waals surface area contributed by atoms with Crippen molar-refractivity contribution in [1.82, 2.24) is 14.4 Å². The van der Waals surface area contributed by atoms with Gasteiger partial charge in [0.1, 0.15) is 0 Å². The molecule has 0 atom stereocenters. The Bertz CT molecular complexity index is 1380. The number of fused-ring (bicyclic) bond motifs is 1. The van der Waals surface area contributed by atoms with E-state index in [4.69, 9.17) is 14.5 Å². The largest absolute Gasteiger partial charge is 0.493 e. The van der Waals surface area contributed by atoms with E-state index in [1.54, 1.807) is 20.4 Å². The highest BCUT2D eigenvalue weighted by atomic mass is 16.5. The van der Waals surface area contributed by atoms with Gasteiger partial charge in [-0.25, -0.2) is 9.97 Å². The van der Waals surface area contributed by atoms with Crippen LogP contribution in [0.4, 0.5) is 17.2 Å². The molecule has 1 aliphatic carbocycles.